The number of carbonyl (C=O) groups excluding carboxylic acids is 1. The Bertz CT molecular complexity index is 674. The summed E-state index contributed by atoms with van der Waals surface area (Å²) in [6, 6.07) is 5.98. The van der Waals surface area contributed by atoms with E-state index >= 15 is 0 Å². The molecule has 0 aliphatic rings. The summed E-state index contributed by atoms with van der Waals surface area (Å²) >= 11 is 1.40. The van der Waals surface area contributed by atoms with Gasteiger partial charge in [-0.3, -0.25) is 4.79 Å². The fourth-order valence-electron chi connectivity index (χ4n) is 2.40. The maximum atomic E-state index is 13.0. The highest BCUT2D eigenvalue weighted by molar-refractivity contribution is 8.00. The van der Waals surface area contributed by atoms with Crippen LogP contribution in [0.2, 0.25) is 0 Å². The average molecular weight is 364 g/mol. The molecule has 0 radical (unpaired) electrons. The Morgan fingerprint density at radius 3 is 2.68 bits per heavy atom. The summed E-state index contributed by atoms with van der Waals surface area (Å²) in [5.41, 5.74) is 0.870. The molecule has 0 spiro atoms. The van der Waals surface area contributed by atoms with Crippen LogP contribution in [-0.2, 0) is 11.3 Å². The molecule has 1 aromatic carbocycles. The molecule has 25 heavy (non-hydrogen) atoms. The summed E-state index contributed by atoms with van der Waals surface area (Å²) in [4.78, 5) is 12.4. The Labute approximate surface area is 152 Å². The molecule has 0 unspecified atom stereocenters. The van der Waals surface area contributed by atoms with E-state index in [1.54, 1.807) is 18.5 Å². The maximum absolute atomic E-state index is 13.0. The minimum absolute atomic E-state index is 0.0788. The van der Waals surface area contributed by atoms with Gasteiger partial charge in [-0.05, 0) is 38.0 Å². The van der Waals surface area contributed by atoms with E-state index in [0.29, 0.717) is 0 Å². The molecule has 7 heteroatoms. The molecule has 1 aromatic heterocycles. The van der Waals surface area contributed by atoms with Crippen molar-refractivity contribution >= 4 is 17.7 Å². The third kappa shape index (κ3) is 5.85. The fourth-order valence-corrected chi connectivity index (χ4v) is 3.26. The number of rotatable bonds is 9. The molecule has 0 aliphatic heterocycles. The van der Waals surface area contributed by atoms with E-state index < -0.39 is 0 Å². The van der Waals surface area contributed by atoms with Gasteiger partial charge in [0.05, 0.1) is 11.3 Å². The zero-order chi connectivity index (χ0) is 18.2. The number of benzene rings is 1. The molecule has 2 atom stereocenters. The lowest BCUT2D eigenvalue weighted by Crippen LogP contribution is -2.33. The molecule has 2 rings (SSSR count). The van der Waals surface area contributed by atoms with Gasteiger partial charge in [-0.15, -0.1) is 10.2 Å². The van der Waals surface area contributed by atoms with Crippen molar-refractivity contribution in [3.63, 3.8) is 0 Å². The van der Waals surface area contributed by atoms with Gasteiger partial charge in [-0.2, -0.15) is 0 Å². The first-order valence-corrected chi connectivity index (χ1v) is 9.49. The SMILES string of the molecule is CCCCCn1cnnc1S[C@H](C)C(=O)N[C@@H](C)c1ccc(F)cc1. The number of carbonyl (C=O) groups is 1. The predicted octanol–water partition coefficient (Wildman–Crippen LogP) is 3.97. The van der Waals surface area contributed by atoms with Gasteiger partial charge in [-0.25, -0.2) is 4.39 Å². The first-order valence-electron chi connectivity index (χ1n) is 8.61. The van der Waals surface area contributed by atoms with E-state index in [4.69, 9.17) is 0 Å². The minimum atomic E-state index is -0.294. The average Bonchev–Trinajstić information content (AvgIpc) is 3.02. The van der Waals surface area contributed by atoms with E-state index in [-0.39, 0.29) is 23.0 Å². The maximum Gasteiger partial charge on any atom is 0.233 e. The summed E-state index contributed by atoms with van der Waals surface area (Å²) in [5.74, 6) is -0.362. The van der Waals surface area contributed by atoms with Crippen LogP contribution in [0.3, 0.4) is 0 Å². The van der Waals surface area contributed by atoms with Crippen molar-refractivity contribution in [1.82, 2.24) is 20.1 Å². The van der Waals surface area contributed by atoms with Crippen LogP contribution in [0.4, 0.5) is 4.39 Å². The first kappa shape index (κ1) is 19.4. The Balaban J connectivity index is 1.90. The zero-order valence-corrected chi connectivity index (χ0v) is 15.7. The van der Waals surface area contributed by atoms with Gasteiger partial charge in [0, 0.05) is 6.54 Å². The number of amides is 1. The third-order valence-electron chi connectivity index (χ3n) is 3.96. The Kier molecular flexibility index (Phi) is 7.43. The lowest BCUT2D eigenvalue weighted by molar-refractivity contribution is -0.120. The van der Waals surface area contributed by atoms with Crippen molar-refractivity contribution in [2.75, 3.05) is 0 Å². The largest absolute Gasteiger partial charge is 0.349 e. The number of aromatic nitrogens is 3. The zero-order valence-electron chi connectivity index (χ0n) is 14.9. The van der Waals surface area contributed by atoms with Gasteiger partial charge in [0.1, 0.15) is 12.1 Å². The molecule has 0 fully saturated rings. The van der Waals surface area contributed by atoms with Crippen LogP contribution < -0.4 is 5.32 Å². The van der Waals surface area contributed by atoms with Crippen molar-refractivity contribution in [3.8, 4) is 0 Å². The highest BCUT2D eigenvalue weighted by Crippen LogP contribution is 2.22. The second-order valence-electron chi connectivity index (χ2n) is 6.06. The molecule has 0 saturated carbocycles. The number of hydrogen-bond donors (Lipinski definition) is 1. The second-order valence-corrected chi connectivity index (χ2v) is 7.36. The topological polar surface area (TPSA) is 59.8 Å². The summed E-state index contributed by atoms with van der Waals surface area (Å²) in [6.45, 7) is 6.76. The second kappa shape index (κ2) is 9.56. The number of thioether (sulfide) groups is 1. The van der Waals surface area contributed by atoms with Crippen LogP contribution in [0, 0.1) is 5.82 Å². The van der Waals surface area contributed by atoms with Crippen LogP contribution in [0.1, 0.15) is 51.6 Å². The standard InChI is InChI=1S/C18H25FN4OS/c1-4-5-6-11-23-12-20-22-18(23)25-14(3)17(24)21-13(2)15-7-9-16(19)10-8-15/h7-10,12-14H,4-6,11H2,1-3H3,(H,21,24)/t13-,14+/m0/s1. The number of halogens is 1. The Morgan fingerprint density at radius 2 is 2.00 bits per heavy atom. The highest BCUT2D eigenvalue weighted by atomic mass is 32.2. The first-order chi connectivity index (χ1) is 12.0. The van der Waals surface area contributed by atoms with Crippen LogP contribution in [0.25, 0.3) is 0 Å². The van der Waals surface area contributed by atoms with E-state index in [0.717, 1.165) is 36.5 Å². The van der Waals surface area contributed by atoms with Gasteiger partial charge in [0.15, 0.2) is 5.16 Å². The molecule has 0 saturated heterocycles. The number of nitrogens with zero attached hydrogens (tertiary/aromatic N) is 3. The lowest BCUT2D eigenvalue weighted by Gasteiger charge is -2.17. The molecule has 1 N–H and O–H groups in total. The van der Waals surface area contributed by atoms with Crippen molar-refractivity contribution in [1.29, 1.82) is 0 Å². The summed E-state index contributed by atoms with van der Waals surface area (Å²) in [7, 11) is 0. The molecule has 136 valence electrons. The number of unbranched alkanes of at least 4 members (excludes halogenated alkanes) is 2. The quantitative estimate of drug-likeness (QED) is 0.540. The molecule has 2 aromatic rings. The van der Waals surface area contributed by atoms with Crippen molar-refractivity contribution in [2.45, 2.75) is 63.0 Å². The molecular weight excluding hydrogens is 339 g/mol. The van der Waals surface area contributed by atoms with Crippen LogP contribution in [0.15, 0.2) is 35.7 Å². The van der Waals surface area contributed by atoms with Gasteiger partial charge in [-0.1, -0.05) is 43.7 Å². The van der Waals surface area contributed by atoms with Gasteiger partial charge in [0.25, 0.3) is 0 Å². The Morgan fingerprint density at radius 1 is 1.28 bits per heavy atom. The molecule has 1 amide bonds. The van der Waals surface area contributed by atoms with E-state index in [1.807, 2.05) is 18.4 Å². The van der Waals surface area contributed by atoms with Crippen LogP contribution in [-0.4, -0.2) is 25.9 Å². The monoisotopic (exact) mass is 364 g/mol. The highest BCUT2D eigenvalue weighted by Gasteiger charge is 2.20. The molecule has 0 bridgehead atoms. The van der Waals surface area contributed by atoms with Crippen molar-refractivity contribution < 1.29 is 9.18 Å². The number of aryl methyl sites for hydroxylation is 1. The minimum Gasteiger partial charge on any atom is -0.349 e. The van der Waals surface area contributed by atoms with Gasteiger partial charge >= 0.3 is 0 Å². The molecule has 1 heterocycles. The Hall–Kier alpha value is -1.89. The molecular formula is C18H25FN4OS. The predicted molar refractivity (Wildman–Crippen MR) is 97.8 cm³/mol. The normalized spacial score (nSPS) is 13.4. The number of nitrogens with one attached hydrogen (secondary N) is 1. The summed E-state index contributed by atoms with van der Waals surface area (Å²) < 4.78 is 15.0. The van der Waals surface area contributed by atoms with Crippen molar-refractivity contribution in [2.24, 2.45) is 0 Å². The third-order valence-corrected chi connectivity index (χ3v) is 5.06. The summed E-state index contributed by atoms with van der Waals surface area (Å²) in [5, 5.41) is 11.5. The van der Waals surface area contributed by atoms with Crippen LogP contribution in [0.5, 0.6) is 0 Å². The summed E-state index contributed by atoms with van der Waals surface area (Å²) in [6.07, 6.45) is 5.10. The van der Waals surface area contributed by atoms with Crippen molar-refractivity contribution in [3.05, 3.63) is 42.0 Å². The van der Waals surface area contributed by atoms with Crippen LogP contribution >= 0.6 is 11.8 Å². The number of hydrogen-bond acceptors (Lipinski definition) is 4. The van der Waals surface area contributed by atoms with Gasteiger partial charge < -0.3 is 9.88 Å². The van der Waals surface area contributed by atoms with E-state index in [2.05, 4.69) is 22.4 Å². The van der Waals surface area contributed by atoms with Gasteiger partial charge in [0.2, 0.25) is 5.91 Å². The molecule has 5 nitrogen and oxygen atoms in total. The molecule has 0 aliphatic carbocycles. The van der Waals surface area contributed by atoms with E-state index in [9.17, 15) is 9.18 Å². The lowest BCUT2D eigenvalue weighted by atomic mass is 10.1. The van der Waals surface area contributed by atoms with E-state index in [1.165, 1.54) is 23.9 Å². The smallest absolute Gasteiger partial charge is 0.233 e. The fraction of sp³-hybridized carbons (Fsp3) is 0.500.